The lowest BCUT2D eigenvalue weighted by Crippen LogP contribution is -2.47. The largest absolute Gasteiger partial charge is 0.378 e. The molecular formula is C21H32N2O2S. The molecule has 0 unspecified atom stereocenters. The lowest BCUT2D eigenvalue weighted by Gasteiger charge is -2.48. The second-order valence-electron chi connectivity index (χ2n) is 9.03. The number of carbonyl (C=O) groups is 1. The van der Waals surface area contributed by atoms with Crippen molar-refractivity contribution in [3.63, 3.8) is 0 Å². The normalized spacial score (nSPS) is 33.4. The number of carbonyl (C=O) groups excluding carboxylic acids is 1. The van der Waals surface area contributed by atoms with E-state index in [0.717, 1.165) is 64.5 Å². The molecule has 1 spiro atoms. The molecule has 0 N–H and O–H groups in total. The molecule has 4 nitrogen and oxygen atoms in total. The topological polar surface area (TPSA) is 32.8 Å². The highest BCUT2D eigenvalue weighted by molar-refractivity contribution is 7.10. The number of thiophene rings is 1. The predicted octanol–water partition coefficient (Wildman–Crippen LogP) is 3.87. The fraction of sp³-hybridized carbons (Fsp3) is 0.762. The van der Waals surface area contributed by atoms with Gasteiger partial charge < -0.3 is 9.64 Å². The van der Waals surface area contributed by atoms with Crippen LogP contribution in [0.3, 0.4) is 0 Å². The van der Waals surface area contributed by atoms with E-state index in [-0.39, 0.29) is 16.6 Å². The van der Waals surface area contributed by atoms with Crippen molar-refractivity contribution in [3.05, 3.63) is 22.4 Å². The maximum absolute atomic E-state index is 12.7. The van der Waals surface area contributed by atoms with Gasteiger partial charge in [-0.2, -0.15) is 0 Å². The third-order valence-corrected chi connectivity index (χ3v) is 8.52. The van der Waals surface area contributed by atoms with Gasteiger partial charge in [0.25, 0.3) is 0 Å². The lowest BCUT2D eigenvalue weighted by molar-refractivity contribution is -0.128. The van der Waals surface area contributed by atoms with E-state index in [2.05, 4.69) is 41.4 Å². The molecule has 144 valence electrons. The number of methoxy groups -OCH3 is 1. The van der Waals surface area contributed by atoms with Crippen molar-refractivity contribution >= 4 is 17.2 Å². The summed E-state index contributed by atoms with van der Waals surface area (Å²) in [5.74, 6) is 0.366. The Bertz CT molecular complexity index is 643. The standard InChI is InChI=1S/C21H32N2O2S/c1-22(2)21(17-5-4-14-26-17)10-6-19(7-11-21)15-18(24)23(16-19)13-12-20(25-3)8-9-20/h4-5,14H,6-13,15-16H2,1-3H3. The molecule has 2 aliphatic carbocycles. The van der Waals surface area contributed by atoms with E-state index < -0.39 is 0 Å². The summed E-state index contributed by atoms with van der Waals surface area (Å²) in [6, 6.07) is 4.45. The third-order valence-electron chi connectivity index (χ3n) is 7.46. The minimum Gasteiger partial charge on any atom is -0.378 e. The van der Waals surface area contributed by atoms with E-state index in [9.17, 15) is 4.79 Å². The van der Waals surface area contributed by atoms with Crippen molar-refractivity contribution in [2.75, 3.05) is 34.3 Å². The quantitative estimate of drug-likeness (QED) is 0.756. The van der Waals surface area contributed by atoms with Crippen LogP contribution in [0.2, 0.25) is 0 Å². The Hall–Kier alpha value is -0.910. The predicted molar refractivity (Wildman–Crippen MR) is 105 cm³/mol. The molecule has 5 heteroatoms. The molecule has 0 bridgehead atoms. The lowest BCUT2D eigenvalue weighted by atomic mass is 9.66. The summed E-state index contributed by atoms with van der Waals surface area (Å²) in [4.78, 5) is 18.7. The fourth-order valence-electron chi connectivity index (χ4n) is 5.21. The molecule has 1 amide bonds. The van der Waals surface area contributed by atoms with Crippen molar-refractivity contribution in [1.82, 2.24) is 9.80 Å². The van der Waals surface area contributed by atoms with Crippen LogP contribution in [0.15, 0.2) is 17.5 Å². The number of nitrogens with zero attached hydrogens (tertiary/aromatic N) is 2. The average Bonchev–Trinajstić information content (AvgIpc) is 3.06. The summed E-state index contributed by atoms with van der Waals surface area (Å²) >= 11 is 1.88. The number of hydrogen-bond donors (Lipinski definition) is 0. The summed E-state index contributed by atoms with van der Waals surface area (Å²) in [5.41, 5.74) is 0.448. The highest BCUT2D eigenvalue weighted by Crippen LogP contribution is 2.53. The zero-order chi connectivity index (χ0) is 18.4. The molecule has 0 atom stereocenters. The minimum atomic E-state index is 0.0852. The Balaban J connectivity index is 1.41. The zero-order valence-corrected chi connectivity index (χ0v) is 17.2. The van der Waals surface area contributed by atoms with Crippen LogP contribution >= 0.6 is 11.3 Å². The van der Waals surface area contributed by atoms with E-state index in [1.807, 2.05) is 18.4 Å². The summed E-state index contributed by atoms with van der Waals surface area (Å²) in [7, 11) is 6.24. The first-order valence-corrected chi connectivity index (χ1v) is 10.9. The first kappa shape index (κ1) is 18.5. The Kier molecular flexibility index (Phi) is 4.69. The summed E-state index contributed by atoms with van der Waals surface area (Å²) in [6.07, 6.45) is 8.68. The maximum atomic E-state index is 12.7. The van der Waals surface area contributed by atoms with Crippen LogP contribution in [0.1, 0.15) is 56.2 Å². The first-order valence-electron chi connectivity index (χ1n) is 9.97. The van der Waals surface area contributed by atoms with Crippen molar-refractivity contribution < 1.29 is 9.53 Å². The zero-order valence-electron chi connectivity index (χ0n) is 16.4. The van der Waals surface area contributed by atoms with Crippen LogP contribution in [-0.2, 0) is 15.1 Å². The molecule has 2 saturated carbocycles. The van der Waals surface area contributed by atoms with Crippen LogP contribution in [0.4, 0.5) is 0 Å². The van der Waals surface area contributed by atoms with Gasteiger partial charge in [0.05, 0.1) is 11.1 Å². The summed E-state index contributed by atoms with van der Waals surface area (Å²) < 4.78 is 5.63. The molecule has 4 rings (SSSR count). The first-order chi connectivity index (χ1) is 12.4. The number of ether oxygens (including phenoxy) is 1. The van der Waals surface area contributed by atoms with Gasteiger partial charge in [-0.3, -0.25) is 9.69 Å². The molecule has 26 heavy (non-hydrogen) atoms. The Morgan fingerprint density at radius 2 is 1.92 bits per heavy atom. The van der Waals surface area contributed by atoms with Crippen LogP contribution < -0.4 is 0 Å². The number of likely N-dealkylation sites (tertiary alicyclic amines) is 1. The van der Waals surface area contributed by atoms with Gasteiger partial charge >= 0.3 is 0 Å². The Labute approximate surface area is 161 Å². The highest BCUT2D eigenvalue weighted by atomic mass is 32.1. The monoisotopic (exact) mass is 376 g/mol. The average molecular weight is 377 g/mol. The maximum Gasteiger partial charge on any atom is 0.223 e. The molecule has 0 radical (unpaired) electrons. The SMILES string of the molecule is COC1(CCN2CC3(CCC(c4cccs4)(N(C)C)CC3)CC2=O)CC1. The second-order valence-corrected chi connectivity index (χ2v) is 9.98. The molecule has 1 saturated heterocycles. The fourth-order valence-corrected chi connectivity index (χ4v) is 6.27. The van der Waals surface area contributed by atoms with Gasteiger partial charge in [-0.05, 0) is 75.9 Å². The van der Waals surface area contributed by atoms with Gasteiger partial charge in [-0.15, -0.1) is 11.3 Å². The molecule has 3 aliphatic rings. The van der Waals surface area contributed by atoms with Gasteiger partial charge in [0.2, 0.25) is 5.91 Å². The molecule has 1 aromatic rings. The van der Waals surface area contributed by atoms with Crippen molar-refractivity contribution in [2.24, 2.45) is 5.41 Å². The summed E-state index contributed by atoms with van der Waals surface area (Å²) in [5, 5.41) is 2.19. The van der Waals surface area contributed by atoms with Crippen LogP contribution in [-0.4, -0.2) is 55.6 Å². The van der Waals surface area contributed by atoms with Gasteiger partial charge in [-0.25, -0.2) is 0 Å². The Morgan fingerprint density at radius 3 is 2.46 bits per heavy atom. The minimum absolute atomic E-state index is 0.0852. The second kappa shape index (κ2) is 6.61. The summed E-state index contributed by atoms with van der Waals surface area (Å²) in [6.45, 7) is 1.83. The van der Waals surface area contributed by atoms with Gasteiger partial charge in [0.15, 0.2) is 0 Å². The van der Waals surface area contributed by atoms with Crippen molar-refractivity contribution in [3.8, 4) is 0 Å². The Morgan fingerprint density at radius 1 is 1.19 bits per heavy atom. The van der Waals surface area contributed by atoms with Gasteiger partial charge in [0, 0.05) is 31.5 Å². The number of hydrogen-bond acceptors (Lipinski definition) is 4. The molecule has 2 heterocycles. The smallest absolute Gasteiger partial charge is 0.223 e. The van der Waals surface area contributed by atoms with Crippen molar-refractivity contribution in [1.29, 1.82) is 0 Å². The van der Waals surface area contributed by atoms with E-state index >= 15 is 0 Å². The number of amides is 1. The molecule has 3 fully saturated rings. The van der Waals surface area contributed by atoms with Crippen LogP contribution in [0.25, 0.3) is 0 Å². The third kappa shape index (κ3) is 3.12. The van der Waals surface area contributed by atoms with Crippen molar-refractivity contribution in [2.45, 2.75) is 62.5 Å². The van der Waals surface area contributed by atoms with E-state index in [0.29, 0.717) is 5.91 Å². The molecule has 1 aromatic heterocycles. The van der Waals surface area contributed by atoms with Gasteiger partial charge in [0.1, 0.15) is 0 Å². The molecular weight excluding hydrogens is 344 g/mol. The molecule has 1 aliphatic heterocycles. The van der Waals surface area contributed by atoms with Crippen LogP contribution in [0.5, 0.6) is 0 Å². The van der Waals surface area contributed by atoms with E-state index in [1.54, 1.807) is 0 Å². The van der Waals surface area contributed by atoms with E-state index in [4.69, 9.17) is 4.74 Å². The van der Waals surface area contributed by atoms with E-state index in [1.165, 1.54) is 4.88 Å². The number of rotatable bonds is 6. The highest BCUT2D eigenvalue weighted by Gasteiger charge is 2.51. The van der Waals surface area contributed by atoms with Crippen LogP contribution in [0, 0.1) is 5.41 Å². The molecule has 0 aromatic carbocycles. The van der Waals surface area contributed by atoms with Gasteiger partial charge in [-0.1, -0.05) is 6.07 Å².